The van der Waals surface area contributed by atoms with Crippen LogP contribution in [0.5, 0.6) is 0 Å². The van der Waals surface area contributed by atoms with E-state index in [1.54, 1.807) is 4.90 Å². The van der Waals surface area contributed by atoms with Crippen molar-refractivity contribution in [2.24, 2.45) is 5.92 Å². The Labute approximate surface area is 93.2 Å². The van der Waals surface area contributed by atoms with Crippen LogP contribution in [0.15, 0.2) is 0 Å². The van der Waals surface area contributed by atoms with Crippen LogP contribution in [0, 0.1) is 5.92 Å². The molecule has 15 heavy (non-hydrogen) atoms. The minimum atomic E-state index is 0.205. The predicted octanol–water partition coefficient (Wildman–Crippen LogP) is 1.63. The van der Waals surface area contributed by atoms with E-state index < -0.39 is 0 Å². The Morgan fingerprint density at radius 2 is 1.93 bits per heavy atom. The van der Waals surface area contributed by atoms with E-state index in [1.165, 1.54) is 25.7 Å². The number of amides is 1. The number of likely N-dealkylation sites (N-methyl/N-ethyl adjacent to an activating group) is 1. The minimum absolute atomic E-state index is 0.205. The summed E-state index contributed by atoms with van der Waals surface area (Å²) < 4.78 is 0. The van der Waals surface area contributed by atoms with Crippen molar-refractivity contribution >= 4 is 5.91 Å². The van der Waals surface area contributed by atoms with Gasteiger partial charge in [-0.05, 0) is 38.5 Å². The third-order valence-electron chi connectivity index (χ3n) is 3.46. The number of rotatable bonds is 4. The summed E-state index contributed by atoms with van der Waals surface area (Å²) in [6.45, 7) is 5.61. The second-order valence-corrected chi connectivity index (χ2v) is 4.75. The highest BCUT2D eigenvalue weighted by molar-refractivity contribution is 5.77. The van der Waals surface area contributed by atoms with Gasteiger partial charge in [-0.1, -0.05) is 6.92 Å². The van der Waals surface area contributed by atoms with Gasteiger partial charge >= 0.3 is 0 Å². The molecule has 1 saturated carbocycles. The molecule has 0 spiro atoms. The monoisotopic (exact) mass is 212 g/mol. The normalized spacial score (nSPS) is 26.3. The van der Waals surface area contributed by atoms with Crippen LogP contribution in [0.2, 0.25) is 0 Å². The van der Waals surface area contributed by atoms with Crippen molar-refractivity contribution in [1.29, 1.82) is 0 Å². The van der Waals surface area contributed by atoms with Gasteiger partial charge < -0.3 is 10.2 Å². The second kappa shape index (κ2) is 6.11. The van der Waals surface area contributed by atoms with Crippen molar-refractivity contribution in [2.45, 2.75) is 45.6 Å². The van der Waals surface area contributed by atoms with Crippen molar-refractivity contribution in [3.63, 3.8) is 0 Å². The fraction of sp³-hybridized carbons (Fsp3) is 0.917. The summed E-state index contributed by atoms with van der Waals surface area (Å²) in [5.41, 5.74) is 0. The summed E-state index contributed by atoms with van der Waals surface area (Å²) in [7, 11) is 1.85. The van der Waals surface area contributed by atoms with Crippen molar-refractivity contribution in [2.75, 3.05) is 20.1 Å². The first-order valence-corrected chi connectivity index (χ1v) is 6.10. The lowest BCUT2D eigenvalue weighted by molar-refractivity contribution is -0.128. The van der Waals surface area contributed by atoms with Crippen molar-refractivity contribution < 1.29 is 4.79 Å². The maximum absolute atomic E-state index is 11.5. The largest absolute Gasteiger partial charge is 0.345 e. The van der Waals surface area contributed by atoms with E-state index in [-0.39, 0.29) is 5.91 Å². The SMILES string of the molecule is CCN(C)C(=O)CNC1CCC(C)CC1. The van der Waals surface area contributed by atoms with Crippen LogP contribution in [0.25, 0.3) is 0 Å². The van der Waals surface area contributed by atoms with E-state index in [9.17, 15) is 4.79 Å². The zero-order valence-corrected chi connectivity index (χ0v) is 10.3. The molecule has 0 aromatic rings. The van der Waals surface area contributed by atoms with Gasteiger partial charge in [-0.3, -0.25) is 4.79 Å². The molecule has 3 heteroatoms. The van der Waals surface area contributed by atoms with Gasteiger partial charge in [0.25, 0.3) is 0 Å². The van der Waals surface area contributed by atoms with Gasteiger partial charge in [-0.15, -0.1) is 0 Å². The Balaban J connectivity index is 2.17. The van der Waals surface area contributed by atoms with E-state index in [0.29, 0.717) is 12.6 Å². The lowest BCUT2D eigenvalue weighted by atomic mass is 9.87. The first-order valence-electron chi connectivity index (χ1n) is 6.10. The summed E-state index contributed by atoms with van der Waals surface area (Å²) in [5, 5.41) is 3.37. The van der Waals surface area contributed by atoms with E-state index in [1.807, 2.05) is 14.0 Å². The number of nitrogens with one attached hydrogen (secondary N) is 1. The van der Waals surface area contributed by atoms with E-state index >= 15 is 0 Å². The Hall–Kier alpha value is -0.570. The third-order valence-corrected chi connectivity index (χ3v) is 3.46. The molecular weight excluding hydrogens is 188 g/mol. The molecule has 0 unspecified atom stereocenters. The molecule has 1 amide bonds. The standard InChI is InChI=1S/C12H24N2O/c1-4-14(3)12(15)9-13-11-7-5-10(2)6-8-11/h10-11,13H,4-9H2,1-3H3. The van der Waals surface area contributed by atoms with Gasteiger partial charge in [0, 0.05) is 19.6 Å². The molecule has 1 aliphatic rings. The van der Waals surface area contributed by atoms with Gasteiger partial charge in [0.05, 0.1) is 6.54 Å². The fourth-order valence-electron chi connectivity index (χ4n) is 2.01. The number of carbonyl (C=O) groups excluding carboxylic acids is 1. The van der Waals surface area contributed by atoms with Gasteiger partial charge in [-0.25, -0.2) is 0 Å². The summed E-state index contributed by atoms with van der Waals surface area (Å²) >= 11 is 0. The van der Waals surface area contributed by atoms with Crippen LogP contribution in [-0.2, 0) is 4.79 Å². The molecule has 1 fully saturated rings. The number of hydrogen-bond acceptors (Lipinski definition) is 2. The van der Waals surface area contributed by atoms with Gasteiger partial charge in [0.2, 0.25) is 5.91 Å². The summed E-state index contributed by atoms with van der Waals surface area (Å²) in [6, 6.07) is 0.565. The minimum Gasteiger partial charge on any atom is -0.345 e. The molecule has 0 aromatic carbocycles. The molecule has 0 aromatic heterocycles. The summed E-state index contributed by atoms with van der Waals surface area (Å²) in [4.78, 5) is 13.3. The van der Waals surface area contributed by atoms with Crippen molar-refractivity contribution in [3.05, 3.63) is 0 Å². The fourth-order valence-corrected chi connectivity index (χ4v) is 2.01. The number of nitrogens with zero attached hydrogens (tertiary/aromatic N) is 1. The van der Waals surface area contributed by atoms with Gasteiger partial charge in [0.1, 0.15) is 0 Å². The molecule has 1 N–H and O–H groups in total. The predicted molar refractivity (Wildman–Crippen MR) is 62.7 cm³/mol. The molecule has 0 heterocycles. The molecule has 88 valence electrons. The number of carbonyl (C=O) groups is 1. The average molecular weight is 212 g/mol. The molecular formula is C12H24N2O. The highest BCUT2D eigenvalue weighted by atomic mass is 16.2. The highest BCUT2D eigenvalue weighted by Crippen LogP contribution is 2.23. The maximum atomic E-state index is 11.5. The lowest BCUT2D eigenvalue weighted by Gasteiger charge is -2.27. The topological polar surface area (TPSA) is 32.3 Å². The zero-order valence-electron chi connectivity index (χ0n) is 10.3. The van der Waals surface area contributed by atoms with Crippen molar-refractivity contribution in [3.8, 4) is 0 Å². The van der Waals surface area contributed by atoms with Crippen LogP contribution in [0.3, 0.4) is 0 Å². The third kappa shape index (κ3) is 4.20. The quantitative estimate of drug-likeness (QED) is 0.768. The first-order chi connectivity index (χ1) is 7.13. The number of hydrogen-bond donors (Lipinski definition) is 1. The molecule has 0 radical (unpaired) electrons. The van der Waals surface area contributed by atoms with Crippen LogP contribution in [-0.4, -0.2) is 37.0 Å². The molecule has 1 aliphatic carbocycles. The second-order valence-electron chi connectivity index (χ2n) is 4.75. The summed E-state index contributed by atoms with van der Waals surface area (Å²) in [5.74, 6) is 1.08. The molecule has 1 rings (SSSR count). The lowest BCUT2D eigenvalue weighted by Crippen LogP contribution is -2.41. The molecule has 0 saturated heterocycles. The Bertz CT molecular complexity index is 198. The molecule has 0 atom stereocenters. The zero-order chi connectivity index (χ0) is 11.3. The van der Waals surface area contributed by atoms with Gasteiger partial charge in [-0.2, -0.15) is 0 Å². The summed E-state index contributed by atoms with van der Waals surface area (Å²) in [6.07, 6.45) is 5.06. The van der Waals surface area contributed by atoms with Crippen LogP contribution >= 0.6 is 0 Å². The van der Waals surface area contributed by atoms with Crippen LogP contribution in [0.1, 0.15) is 39.5 Å². The smallest absolute Gasteiger partial charge is 0.236 e. The average Bonchev–Trinajstić information content (AvgIpc) is 2.26. The maximum Gasteiger partial charge on any atom is 0.236 e. The molecule has 0 bridgehead atoms. The molecule has 3 nitrogen and oxygen atoms in total. The van der Waals surface area contributed by atoms with E-state index in [4.69, 9.17) is 0 Å². The van der Waals surface area contributed by atoms with Crippen molar-refractivity contribution in [1.82, 2.24) is 10.2 Å². The van der Waals surface area contributed by atoms with E-state index in [2.05, 4.69) is 12.2 Å². The van der Waals surface area contributed by atoms with Crippen LogP contribution in [0.4, 0.5) is 0 Å². The Morgan fingerprint density at radius 1 is 1.33 bits per heavy atom. The van der Waals surface area contributed by atoms with Gasteiger partial charge in [0.15, 0.2) is 0 Å². The highest BCUT2D eigenvalue weighted by Gasteiger charge is 2.18. The molecule has 0 aliphatic heterocycles. The Morgan fingerprint density at radius 3 is 2.47 bits per heavy atom. The van der Waals surface area contributed by atoms with E-state index in [0.717, 1.165) is 12.5 Å². The first kappa shape index (κ1) is 12.5. The van der Waals surface area contributed by atoms with Crippen LogP contribution < -0.4 is 5.32 Å². The Kier molecular flexibility index (Phi) is 5.09.